The molecule has 1 atom stereocenters. The number of rotatable bonds is 4. The highest BCUT2D eigenvalue weighted by Gasteiger charge is 2.18. The van der Waals surface area contributed by atoms with E-state index in [4.69, 9.17) is 9.47 Å². The van der Waals surface area contributed by atoms with Gasteiger partial charge in [-0.2, -0.15) is 0 Å². The normalized spacial score (nSPS) is 13.5. The molecule has 0 saturated carbocycles. The Bertz CT molecular complexity index is 179. The third-order valence-electron chi connectivity index (χ3n) is 1.27. The molecule has 0 unspecified atom stereocenters. The maximum absolute atomic E-state index is 11.3. The van der Waals surface area contributed by atoms with Crippen molar-refractivity contribution in [2.24, 2.45) is 0 Å². The lowest BCUT2D eigenvalue weighted by Gasteiger charge is -2.22. The number of ether oxygens (including phenoxy) is 2. The van der Waals surface area contributed by atoms with Crippen molar-refractivity contribution in [3.63, 3.8) is 0 Å². The number of carbonyl (C=O) groups excluding carboxylic acids is 1. The molecule has 0 radical (unpaired) electrons. The molecule has 0 fully saturated rings. The summed E-state index contributed by atoms with van der Waals surface area (Å²) in [4.78, 5) is 11.3. The molecular formula is C9H18INO3. The number of halogens is 1. The molecule has 4 nitrogen and oxygen atoms in total. The van der Waals surface area contributed by atoms with Crippen LogP contribution in [0, 0.1) is 0 Å². The van der Waals surface area contributed by atoms with E-state index >= 15 is 0 Å². The Kier molecular flexibility index (Phi) is 6.43. The molecule has 0 aromatic heterocycles. The predicted molar refractivity (Wildman–Crippen MR) is 63.9 cm³/mol. The molecule has 0 aliphatic rings. The fraction of sp³-hybridized carbons (Fsp3) is 0.889. The van der Waals surface area contributed by atoms with Crippen LogP contribution in [-0.2, 0) is 9.47 Å². The van der Waals surface area contributed by atoms with Gasteiger partial charge >= 0.3 is 6.09 Å². The first-order valence-electron chi connectivity index (χ1n) is 4.43. The molecule has 0 saturated heterocycles. The van der Waals surface area contributed by atoms with E-state index in [2.05, 4.69) is 27.9 Å². The summed E-state index contributed by atoms with van der Waals surface area (Å²) in [6.07, 6.45) is -0.392. The minimum Gasteiger partial charge on any atom is -0.444 e. The van der Waals surface area contributed by atoms with Gasteiger partial charge in [-0.1, -0.05) is 22.6 Å². The molecule has 0 aromatic carbocycles. The summed E-state index contributed by atoms with van der Waals surface area (Å²) in [6, 6.07) is 0.00968. The lowest BCUT2D eigenvalue weighted by molar-refractivity contribution is 0.0480. The fourth-order valence-electron chi connectivity index (χ4n) is 0.800. The second kappa shape index (κ2) is 6.44. The van der Waals surface area contributed by atoms with Gasteiger partial charge in [0.2, 0.25) is 0 Å². The number of alkyl carbamates (subject to hydrolysis) is 1. The Morgan fingerprint density at radius 3 is 2.43 bits per heavy atom. The first-order valence-corrected chi connectivity index (χ1v) is 5.96. The summed E-state index contributed by atoms with van der Waals surface area (Å²) >= 11 is 2.19. The smallest absolute Gasteiger partial charge is 0.407 e. The molecule has 0 spiro atoms. The highest BCUT2D eigenvalue weighted by molar-refractivity contribution is 14.1. The van der Waals surface area contributed by atoms with Gasteiger partial charge < -0.3 is 14.8 Å². The molecule has 84 valence electrons. The van der Waals surface area contributed by atoms with Gasteiger partial charge in [0.05, 0.1) is 12.6 Å². The molecule has 0 heterocycles. The van der Waals surface area contributed by atoms with E-state index < -0.39 is 11.7 Å². The van der Waals surface area contributed by atoms with Gasteiger partial charge in [-0.3, -0.25) is 0 Å². The van der Waals surface area contributed by atoms with E-state index in [-0.39, 0.29) is 6.04 Å². The monoisotopic (exact) mass is 315 g/mol. The molecule has 0 aliphatic carbocycles. The maximum Gasteiger partial charge on any atom is 0.407 e. The van der Waals surface area contributed by atoms with Crippen LogP contribution in [0.25, 0.3) is 0 Å². The number of hydrogen-bond donors (Lipinski definition) is 1. The van der Waals surface area contributed by atoms with Crippen molar-refractivity contribution in [2.75, 3.05) is 18.1 Å². The number of amides is 1. The minimum absolute atomic E-state index is 0.00968. The topological polar surface area (TPSA) is 47.6 Å². The van der Waals surface area contributed by atoms with Gasteiger partial charge in [0.1, 0.15) is 5.60 Å². The highest BCUT2D eigenvalue weighted by atomic mass is 127. The van der Waals surface area contributed by atoms with Crippen molar-refractivity contribution in [1.29, 1.82) is 0 Å². The quantitative estimate of drug-likeness (QED) is 0.637. The number of carbonyl (C=O) groups is 1. The summed E-state index contributed by atoms with van der Waals surface area (Å²) < 4.78 is 10.9. The lowest BCUT2D eigenvalue weighted by Crippen LogP contribution is -2.42. The Morgan fingerprint density at radius 2 is 2.07 bits per heavy atom. The van der Waals surface area contributed by atoms with Crippen LogP contribution >= 0.6 is 22.6 Å². The molecule has 1 N–H and O–H groups in total. The van der Waals surface area contributed by atoms with E-state index in [0.717, 1.165) is 4.43 Å². The molecule has 5 heteroatoms. The summed E-state index contributed by atoms with van der Waals surface area (Å²) in [5.74, 6) is 0. The second-order valence-electron chi connectivity index (χ2n) is 3.95. The van der Waals surface area contributed by atoms with Crippen molar-refractivity contribution in [1.82, 2.24) is 5.32 Å². The molecular weight excluding hydrogens is 297 g/mol. The first-order chi connectivity index (χ1) is 6.39. The Hall–Kier alpha value is -0.0400. The zero-order valence-corrected chi connectivity index (χ0v) is 11.3. The van der Waals surface area contributed by atoms with Gasteiger partial charge in [-0.15, -0.1) is 0 Å². The Labute approximate surface area is 98.9 Å². The lowest BCUT2D eigenvalue weighted by atomic mass is 10.2. The van der Waals surface area contributed by atoms with E-state index in [0.29, 0.717) is 6.61 Å². The molecule has 0 bridgehead atoms. The average Bonchev–Trinajstić information content (AvgIpc) is 2.00. The van der Waals surface area contributed by atoms with Crippen molar-refractivity contribution in [2.45, 2.75) is 32.4 Å². The van der Waals surface area contributed by atoms with Crippen LogP contribution in [0.3, 0.4) is 0 Å². The van der Waals surface area contributed by atoms with Gasteiger partial charge in [0.25, 0.3) is 0 Å². The van der Waals surface area contributed by atoms with Crippen LogP contribution in [0.4, 0.5) is 4.79 Å². The fourth-order valence-corrected chi connectivity index (χ4v) is 1.27. The van der Waals surface area contributed by atoms with Gasteiger partial charge in [-0.05, 0) is 20.8 Å². The summed E-state index contributed by atoms with van der Waals surface area (Å²) in [5.41, 5.74) is -0.451. The van der Waals surface area contributed by atoms with E-state index in [1.165, 1.54) is 0 Å². The van der Waals surface area contributed by atoms with Crippen molar-refractivity contribution < 1.29 is 14.3 Å². The molecule has 1 amide bonds. The Morgan fingerprint density at radius 1 is 1.50 bits per heavy atom. The summed E-state index contributed by atoms with van der Waals surface area (Å²) in [7, 11) is 1.61. The standard InChI is InChI=1S/C9H18INO3/c1-9(2,3)14-8(12)11-7(5-10)6-13-4/h7H,5-6H2,1-4H3,(H,11,12)/t7-/m0/s1. The van der Waals surface area contributed by atoms with Crippen molar-refractivity contribution in [3.05, 3.63) is 0 Å². The zero-order valence-electron chi connectivity index (χ0n) is 9.09. The first kappa shape index (κ1) is 14.0. The van der Waals surface area contributed by atoms with Crippen molar-refractivity contribution in [3.8, 4) is 0 Å². The average molecular weight is 315 g/mol. The maximum atomic E-state index is 11.3. The number of alkyl halides is 1. The zero-order chi connectivity index (χ0) is 11.2. The number of nitrogens with one attached hydrogen (secondary N) is 1. The molecule has 0 rings (SSSR count). The molecule has 14 heavy (non-hydrogen) atoms. The molecule has 0 aromatic rings. The van der Waals surface area contributed by atoms with Crippen LogP contribution in [-0.4, -0.2) is 35.9 Å². The largest absolute Gasteiger partial charge is 0.444 e. The van der Waals surface area contributed by atoms with Crippen LogP contribution < -0.4 is 5.32 Å². The van der Waals surface area contributed by atoms with Crippen LogP contribution in [0.15, 0.2) is 0 Å². The van der Waals surface area contributed by atoms with E-state index in [1.807, 2.05) is 20.8 Å². The number of hydrogen-bond acceptors (Lipinski definition) is 3. The predicted octanol–water partition coefficient (Wildman–Crippen LogP) is 1.96. The van der Waals surface area contributed by atoms with Gasteiger partial charge in [0, 0.05) is 11.5 Å². The summed E-state index contributed by atoms with van der Waals surface area (Å²) in [5, 5.41) is 2.73. The van der Waals surface area contributed by atoms with E-state index in [1.54, 1.807) is 7.11 Å². The second-order valence-corrected chi connectivity index (χ2v) is 4.83. The van der Waals surface area contributed by atoms with Crippen LogP contribution in [0.2, 0.25) is 0 Å². The summed E-state index contributed by atoms with van der Waals surface area (Å²) in [6.45, 7) is 6.01. The Balaban J connectivity index is 3.91. The van der Waals surface area contributed by atoms with Crippen LogP contribution in [0.5, 0.6) is 0 Å². The van der Waals surface area contributed by atoms with Gasteiger partial charge in [-0.25, -0.2) is 4.79 Å². The third kappa shape index (κ3) is 7.37. The van der Waals surface area contributed by atoms with Crippen LogP contribution in [0.1, 0.15) is 20.8 Å². The van der Waals surface area contributed by atoms with Crippen molar-refractivity contribution >= 4 is 28.7 Å². The third-order valence-corrected chi connectivity index (χ3v) is 2.34. The minimum atomic E-state index is -0.451. The SMILES string of the molecule is COC[C@H](CI)NC(=O)OC(C)(C)C. The molecule has 0 aliphatic heterocycles. The van der Waals surface area contributed by atoms with E-state index in [9.17, 15) is 4.79 Å². The number of methoxy groups -OCH3 is 1. The van der Waals surface area contributed by atoms with Gasteiger partial charge in [0.15, 0.2) is 0 Å². The highest BCUT2D eigenvalue weighted by Crippen LogP contribution is 2.07.